The minimum Gasteiger partial charge on any atom is -0.354 e. The van der Waals surface area contributed by atoms with Crippen LogP contribution in [-0.4, -0.2) is 29.0 Å². The predicted molar refractivity (Wildman–Crippen MR) is 117 cm³/mol. The first-order chi connectivity index (χ1) is 14.3. The van der Waals surface area contributed by atoms with E-state index in [9.17, 15) is 25.0 Å². The molecule has 1 atom stereocenters. The second kappa shape index (κ2) is 9.11. The number of benzene rings is 2. The summed E-state index contributed by atoms with van der Waals surface area (Å²) in [5, 5.41) is 22.6. The maximum absolute atomic E-state index is 13.2. The minimum absolute atomic E-state index is 0.0634. The van der Waals surface area contributed by atoms with Gasteiger partial charge in [0.25, 0.3) is 11.6 Å². The van der Waals surface area contributed by atoms with Crippen molar-refractivity contribution in [2.45, 2.75) is 11.7 Å². The van der Waals surface area contributed by atoms with Gasteiger partial charge >= 0.3 is 0 Å². The van der Waals surface area contributed by atoms with E-state index in [0.29, 0.717) is 11.3 Å². The first kappa shape index (κ1) is 21.5. The molecule has 8 nitrogen and oxygen atoms in total. The predicted octanol–water partition coefficient (Wildman–Crippen LogP) is 3.53. The smallest absolute Gasteiger partial charge is 0.269 e. The summed E-state index contributed by atoms with van der Waals surface area (Å²) >= 11 is 4.45. The third kappa shape index (κ3) is 4.37. The molecule has 1 fully saturated rings. The fourth-order valence-electron chi connectivity index (χ4n) is 2.95. The fraction of sp³-hybridized carbons (Fsp3) is 0.150. The van der Waals surface area contributed by atoms with Gasteiger partial charge in [0.15, 0.2) is 0 Å². The van der Waals surface area contributed by atoms with Crippen LogP contribution in [0.5, 0.6) is 0 Å². The van der Waals surface area contributed by atoms with Crippen molar-refractivity contribution in [3.63, 3.8) is 0 Å². The van der Waals surface area contributed by atoms with Gasteiger partial charge in [0.05, 0.1) is 10.2 Å². The molecule has 1 aliphatic heterocycles. The maximum Gasteiger partial charge on any atom is 0.269 e. The van der Waals surface area contributed by atoms with Crippen molar-refractivity contribution in [3.8, 4) is 6.07 Å². The number of nitrogens with zero attached hydrogens (tertiary/aromatic N) is 3. The Morgan fingerprint density at radius 3 is 2.63 bits per heavy atom. The molecule has 1 aliphatic rings. The Morgan fingerprint density at radius 1 is 1.33 bits per heavy atom. The van der Waals surface area contributed by atoms with Gasteiger partial charge in [-0.15, -0.1) is 0 Å². The average Bonchev–Trinajstić information content (AvgIpc) is 3.05. The number of thioether (sulfide) groups is 1. The molecule has 2 aromatic carbocycles. The summed E-state index contributed by atoms with van der Waals surface area (Å²) in [6, 6.07) is 14.9. The number of amides is 2. The number of anilines is 1. The van der Waals surface area contributed by atoms with Gasteiger partial charge in [-0.25, -0.2) is 0 Å². The van der Waals surface area contributed by atoms with E-state index in [0.717, 1.165) is 16.2 Å². The molecule has 2 aromatic rings. The number of hydrogen-bond acceptors (Lipinski definition) is 6. The number of nitro benzene ring substituents is 1. The van der Waals surface area contributed by atoms with Crippen LogP contribution in [0.2, 0.25) is 0 Å². The zero-order valence-corrected chi connectivity index (χ0v) is 18.1. The third-order valence-corrected chi connectivity index (χ3v) is 6.15. The van der Waals surface area contributed by atoms with Crippen LogP contribution in [0.25, 0.3) is 0 Å². The molecule has 10 heteroatoms. The normalized spacial score (nSPS) is 17.4. The lowest BCUT2D eigenvalue weighted by molar-refractivity contribution is -0.384. The molecule has 1 heterocycles. The molecule has 0 unspecified atom stereocenters. The highest BCUT2D eigenvalue weighted by atomic mass is 79.9. The number of rotatable bonds is 5. The quantitative estimate of drug-likeness (QED) is 0.299. The highest BCUT2D eigenvalue weighted by molar-refractivity contribution is 9.10. The first-order valence-corrected chi connectivity index (χ1v) is 10.4. The van der Waals surface area contributed by atoms with Crippen LogP contribution in [0.3, 0.4) is 0 Å². The monoisotopic (exact) mass is 486 g/mol. The summed E-state index contributed by atoms with van der Waals surface area (Å²) in [4.78, 5) is 37.4. The number of nitriles is 1. The van der Waals surface area contributed by atoms with Crippen LogP contribution in [0.4, 0.5) is 11.4 Å². The van der Waals surface area contributed by atoms with Crippen molar-refractivity contribution in [1.82, 2.24) is 5.32 Å². The first-order valence-electron chi connectivity index (χ1n) is 8.71. The molecule has 0 aliphatic carbocycles. The van der Waals surface area contributed by atoms with E-state index in [1.54, 1.807) is 36.4 Å². The number of likely N-dealkylation sites (N-methyl/N-ethyl adjacent to an activating group) is 1. The van der Waals surface area contributed by atoms with Crippen LogP contribution < -0.4 is 10.2 Å². The number of hydrogen-bond donors (Lipinski definition) is 1. The highest BCUT2D eigenvalue weighted by Crippen LogP contribution is 2.42. The Kier molecular flexibility index (Phi) is 6.54. The molecule has 30 heavy (non-hydrogen) atoms. The summed E-state index contributed by atoms with van der Waals surface area (Å²) in [6.45, 7) is 0. The molecule has 3 rings (SSSR count). The molecule has 0 radical (unpaired) electrons. The molecule has 0 bridgehead atoms. The second-order valence-corrected chi connectivity index (χ2v) is 8.37. The Bertz CT molecular complexity index is 1090. The lowest BCUT2D eigenvalue weighted by Crippen LogP contribution is -2.31. The number of carbonyl (C=O) groups is 2. The summed E-state index contributed by atoms with van der Waals surface area (Å²) in [6.07, 6.45) is 0.216. The van der Waals surface area contributed by atoms with E-state index in [1.165, 1.54) is 24.1 Å². The van der Waals surface area contributed by atoms with Crippen molar-refractivity contribution < 1.29 is 14.5 Å². The number of non-ortho nitro benzene ring substituents is 1. The van der Waals surface area contributed by atoms with E-state index in [1.807, 2.05) is 6.07 Å². The number of nitro groups is 1. The molecular weight excluding hydrogens is 472 g/mol. The third-order valence-electron chi connectivity index (χ3n) is 4.36. The summed E-state index contributed by atoms with van der Waals surface area (Å²) in [5.74, 6) is -0.897. The molecule has 0 spiro atoms. The van der Waals surface area contributed by atoms with Gasteiger partial charge in [0, 0.05) is 29.3 Å². The van der Waals surface area contributed by atoms with Crippen LogP contribution in [-0.2, 0) is 16.0 Å². The zero-order chi connectivity index (χ0) is 21.8. The van der Waals surface area contributed by atoms with E-state index in [-0.39, 0.29) is 28.6 Å². The van der Waals surface area contributed by atoms with E-state index in [4.69, 9.17) is 0 Å². The Hall–Kier alpha value is -3.16. The summed E-state index contributed by atoms with van der Waals surface area (Å²) in [7, 11) is 1.41. The lowest BCUT2D eigenvalue weighted by Gasteiger charge is -2.18. The van der Waals surface area contributed by atoms with Crippen molar-refractivity contribution in [1.29, 1.82) is 5.26 Å². The van der Waals surface area contributed by atoms with Gasteiger partial charge in [0.2, 0.25) is 5.91 Å². The van der Waals surface area contributed by atoms with Gasteiger partial charge in [-0.3, -0.25) is 24.6 Å². The maximum atomic E-state index is 13.2. The van der Waals surface area contributed by atoms with Crippen molar-refractivity contribution in [3.05, 3.63) is 79.3 Å². The minimum atomic E-state index is -0.640. The van der Waals surface area contributed by atoms with Crippen molar-refractivity contribution in [2.24, 2.45) is 0 Å². The summed E-state index contributed by atoms with van der Waals surface area (Å²) < 4.78 is 0.816. The average molecular weight is 487 g/mol. The van der Waals surface area contributed by atoms with Gasteiger partial charge in [-0.1, -0.05) is 39.8 Å². The van der Waals surface area contributed by atoms with E-state index >= 15 is 0 Å². The van der Waals surface area contributed by atoms with Crippen LogP contribution >= 0.6 is 27.7 Å². The van der Waals surface area contributed by atoms with Gasteiger partial charge in [-0.05, 0) is 36.2 Å². The summed E-state index contributed by atoms with van der Waals surface area (Å²) in [5.41, 5.74) is 0.904. The van der Waals surface area contributed by atoms with Crippen molar-refractivity contribution in [2.75, 3.05) is 11.9 Å². The standard InChI is InChI=1S/C20H15BrN4O4S/c1-23-18(26)16(11-22)20-24(14-7-5-13(21)6-8-14)19(27)17(30-20)10-12-3-2-4-15(9-12)25(28)29/h2-9,17H,10H2,1H3,(H,23,26)/b20-16-/t17-/m1/s1. The molecule has 0 saturated carbocycles. The zero-order valence-electron chi connectivity index (χ0n) is 15.7. The second-order valence-electron chi connectivity index (χ2n) is 6.26. The Balaban J connectivity index is 2.03. The van der Waals surface area contributed by atoms with Crippen LogP contribution in [0.15, 0.2) is 63.6 Å². The number of nitrogens with one attached hydrogen (secondary N) is 1. The van der Waals surface area contributed by atoms with Crippen LogP contribution in [0, 0.1) is 21.4 Å². The van der Waals surface area contributed by atoms with Crippen molar-refractivity contribution >= 4 is 50.9 Å². The lowest BCUT2D eigenvalue weighted by atomic mass is 10.1. The Labute approximate surface area is 184 Å². The topological polar surface area (TPSA) is 116 Å². The molecule has 0 aromatic heterocycles. The Morgan fingerprint density at radius 2 is 2.03 bits per heavy atom. The van der Waals surface area contributed by atoms with E-state index in [2.05, 4.69) is 21.2 Å². The van der Waals surface area contributed by atoms with Gasteiger partial charge < -0.3 is 5.32 Å². The molecule has 1 saturated heterocycles. The van der Waals surface area contributed by atoms with E-state index < -0.39 is 16.1 Å². The number of carbonyl (C=O) groups excluding carboxylic acids is 2. The van der Waals surface area contributed by atoms with Crippen LogP contribution in [0.1, 0.15) is 5.56 Å². The highest BCUT2D eigenvalue weighted by Gasteiger charge is 2.40. The number of halogens is 1. The molecular formula is C20H15BrN4O4S. The molecule has 2 amide bonds. The molecule has 152 valence electrons. The van der Waals surface area contributed by atoms with Gasteiger partial charge in [-0.2, -0.15) is 5.26 Å². The fourth-order valence-corrected chi connectivity index (χ4v) is 4.52. The molecule has 1 N–H and O–H groups in total. The largest absolute Gasteiger partial charge is 0.354 e. The SMILES string of the molecule is CNC(=O)/C(C#N)=C1\S[C@H](Cc2cccc([N+](=O)[O-])c2)C(=O)N1c1ccc(Br)cc1. The van der Waals surface area contributed by atoms with Gasteiger partial charge in [0.1, 0.15) is 16.7 Å².